The van der Waals surface area contributed by atoms with Gasteiger partial charge in [0.25, 0.3) is 5.91 Å². The van der Waals surface area contributed by atoms with Gasteiger partial charge in [0.15, 0.2) is 5.13 Å². The average molecular weight is 472 g/mol. The van der Waals surface area contributed by atoms with Gasteiger partial charge in [-0.2, -0.15) is 0 Å². The van der Waals surface area contributed by atoms with E-state index in [1.165, 1.54) is 11.3 Å². The lowest BCUT2D eigenvalue weighted by Gasteiger charge is -2.35. The molecule has 1 fully saturated rings. The van der Waals surface area contributed by atoms with Crippen molar-refractivity contribution in [3.05, 3.63) is 44.8 Å². The Morgan fingerprint density at radius 1 is 1.06 bits per heavy atom. The van der Waals surface area contributed by atoms with Gasteiger partial charge in [-0.05, 0) is 59.2 Å². The maximum Gasteiger partial charge on any atom is 0.263 e. The number of amides is 1. The molecule has 170 valence electrons. The highest BCUT2D eigenvalue weighted by Gasteiger charge is 2.26. The fourth-order valence-corrected chi connectivity index (χ4v) is 6.03. The molecule has 9 heteroatoms. The molecule has 32 heavy (non-hydrogen) atoms. The van der Waals surface area contributed by atoms with E-state index in [-0.39, 0.29) is 18.1 Å². The fourth-order valence-electron chi connectivity index (χ4n) is 4.11. The highest BCUT2D eigenvalue weighted by atomic mass is 32.1. The van der Waals surface area contributed by atoms with Crippen molar-refractivity contribution in [3.8, 4) is 10.4 Å². The SMILES string of the molecule is Cc1cc(-c2sc(N3C[C@@H](C)O[C@@H](C)C3)nc2CNC(=O)c2sc(C)nc2C)cc(C)n1. The van der Waals surface area contributed by atoms with Crippen molar-refractivity contribution in [3.63, 3.8) is 0 Å². The standard InChI is InChI=1S/C23H29N5O2S2/c1-12-7-18(8-13(2)25-12)21-19(9-24-22(29)20-16(5)26-17(6)31-20)27-23(32-21)28-10-14(3)30-15(4)11-28/h7-8,14-15H,9-11H2,1-6H3,(H,24,29)/t14-,15+. The quantitative estimate of drug-likeness (QED) is 0.593. The van der Waals surface area contributed by atoms with Crippen LogP contribution in [0, 0.1) is 27.7 Å². The fraction of sp³-hybridized carbons (Fsp3) is 0.478. The first kappa shape index (κ1) is 22.8. The van der Waals surface area contributed by atoms with Crippen molar-refractivity contribution in [1.82, 2.24) is 20.3 Å². The number of anilines is 1. The monoisotopic (exact) mass is 471 g/mol. The van der Waals surface area contributed by atoms with Crippen LogP contribution in [0.4, 0.5) is 5.13 Å². The molecule has 0 saturated carbocycles. The summed E-state index contributed by atoms with van der Waals surface area (Å²) >= 11 is 3.08. The van der Waals surface area contributed by atoms with Gasteiger partial charge in [-0.1, -0.05) is 11.3 Å². The number of rotatable bonds is 5. The Morgan fingerprint density at radius 3 is 2.31 bits per heavy atom. The molecule has 1 N–H and O–H groups in total. The van der Waals surface area contributed by atoms with E-state index < -0.39 is 0 Å². The Morgan fingerprint density at radius 2 is 1.72 bits per heavy atom. The van der Waals surface area contributed by atoms with Crippen molar-refractivity contribution in [2.45, 2.75) is 60.3 Å². The van der Waals surface area contributed by atoms with Gasteiger partial charge >= 0.3 is 0 Å². The van der Waals surface area contributed by atoms with Crippen molar-refractivity contribution >= 4 is 33.7 Å². The number of pyridine rings is 1. The second kappa shape index (κ2) is 9.25. The van der Waals surface area contributed by atoms with Crippen molar-refractivity contribution in [2.75, 3.05) is 18.0 Å². The largest absolute Gasteiger partial charge is 0.372 e. The molecule has 1 aliphatic heterocycles. The lowest BCUT2D eigenvalue weighted by Crippen LogP contribution is -2.45. The minimum atomic E-state index is -0.107. The van der Waals surface area contributed by atoms with E-state index in [9.17, 15) is 4.79 Å². The second-order valence-electron chi connectivity index (χ2n) is 8.40. The van der Waals surface area contributed by atoms with Crippen LogP contribution >= 0.6 is 22.7 Å². The first-order chi connectivity index (χ1) is 15.2. The van der Waals surface area contributed by atoms with E-state index in [1.807, 2.05) is 27.7 Å². The Hall–Kier alpha value is -2.36. The summed E-state index contributed by atoms with van der Waals surface area (Å²) in [7, 11) is 0. The summed E-state index contributed by atoms with van der Waals surface area (Å²) in [6.07, 6.45) is 0.300. The summed E-state index contributed by atoms with van der Waals surface area (Å²) < 4.78 is 5.90. The van der Waals surface area contributed by atoms with Gasteiger partial charge in [0.1, 0.15) is 4.88 Å². The molecule has 4 heterocycles. The van der Waals surface area contributed by atoms with Crippen LogP contribution in [0.5, 0.6) is 0 Å². The van der Waals surface area contributed by atoms with Crippen molar-refractivity contribution < 1.29 is 9.53 Å². The summed E-state index contributed by atoms with van der Waals surface area (Å²) in [5, 5.41) is 4.91. The van der Waals surface area contributed by atoms with Crippen LogP contribution in [0.3, 0.4) is 0 Å². The molecular formula is C23H29N5O2S2. The zero-order chi connectivity index (χ0) is 23.0. The zero-order valence-corrected chi connectivity index (χ0v) is 21.0. The lowest BCUT2D eigenvalue weighted by atomic mass is 10.1. The summed E-state index contributed by atoms with van der Waals surface area (Å²) in [6.45, 7) is 13.9. The number of ether oxygens (including phenoxy) is 1. The Balaban J connectivity index is 1.65. The lowest BCUT2D eigenvalue weighted by molar-refractivity contribution is -0.00523. The third-order valence-corrected chi connectivity index (χ3v) is 7.53. The van der Waals surface area contributed by atoms with Gasteiger partial charge in [0, 0.05) is 24.5 Å². The van der Waals surface area contributed by atoms with Gasteiger partial charge in [-0.15, -0.1) is 11.3 Å². The van der Waals surface area contributed by atoms with E-state index in [0.717, 1.165) is 56.4 Å². The normalized spacial score (nSPS) is 18.8. The van der Waals surface area contributed by atoms with Gasteiger partial charge in [0.2, 0.25) is 0 Å². The molecule has 1 saturated heterocycles. The van der Waals surface area contributed by atoms with Gasteiger partial charge in [0.05, 0.1) is 40.0 Å². The minimum absolute atomic E-state index is 0.107. The third-order valence-electron chi connectivity index (χ3n) is 5.25. The van der Waals surface area contributed by atoms with Crippen molar-refractivity contribution in [1.29, 1.82) is 0 Å². The maximum absolute atomic E-state index is 12.8. The number of nitrogens with one attached hydrogen (secondary N) is 1. The number of carbonyl (C=O) groups excluding carboxylic acids is 1. The number of morpholine rings is 1. The predicted octanol–water partition coefficient (Wildman–Crippen LogP) is 4.44. The highest BCUT2D eigenvalue weighted by molar-refractivity contribution is 7.19. The number of aromatic nitrogens is 3. The Kier molecular flexibility index (Phi) is 6.60. The number of thiazole rings is 2. The van der Waals surface area contributed by atoms with Crippen LogP contribution in [-0.2, 0) is 11.3 Å². The van der Waals surface area contributed by atoms with Crippen LogP contribution in [0.15, 0.2) is 12.1 Å². The van der Waals surface area contributed by atoms with E-state index >= 15 is 0 Å². The molecule has 0 aromatic carbocycles. The molecule has 7 nitrogen and oxygen atoms in total. The van der Waals surface area contributed by atoms with E-state index in [1.54, 1.807) is 11.3 Å². The molecule has 0 radical (unpaired) electrons. The Bertz CT molecular complexity index is 1110. The van der Waals surface area contributed by atoms with Gasteiger partial charge in [-0.25, -0.2) is 9.97 Å². The molecule has 0 aliphatic carbocycles. The molecule has 3 aromatic heterocycles. The smallest absolute Gasteiger partial charge is 0.263 e. The predicted molar refractivity (Wildman–Crippen MR) is 130 cm³/mol. The highest BCUT2D eigenvalue weighted by Crippen LogP contribution is 2.36. The second-order valence-corrected chi connectivity index (χ2v) is 10.6. The number of carbonyl (C=O) groups is 1. The summed E-state index contributed by atoms with van der Waals surface area (Å²) in [6, 6.07) is 4.16. The summed E-state index contributed by atoms with van der Waals surface area (Å²) in [5.74, 6) is -0.107. The van der Waals surface area contributed by atoms with E-state index in [0.29, 0.717) is 11.4 Å². The van der Waals surface area contributed by atoms with Crippen LogP contribution < -0.4 is 10.2 Å². The van der Waals surface area contributed by atoms with Crippen LogP contribution in [-0.4, -0.2) is 46.2 Å². The van der Waals surface area contributed by atoms with Crippen molar-refractivity contribution in [2.24, 2.45) is 0 Å². The van der Waals surface area contributed by atoms with Gasteiger partial charge in [-0.3, -0.25) is 9.78 Å². The summed E-state index contributed by atoms with van der Waals surface area (Å²) in [5.41, 5.74) is 4.65. The topological polar surface area (TPSA) is 80.2 Å². The maximum atomic E-state index is 12.8. The molecule has 0 spiro atoms. The van der Waals surface area contributed by atoms with Gasteiger partial charge < -0.3 is 15.0 Å². The number of hydrogen-bond acceptors (Lipinski definition) is 8. The zero-order valence-electron chi connectivity index (χ0n) is 19.4. The van der Waals surface area contributed by atoms with Crippen LogP contribution in [0.1, 0.15) is 51.3 Å². The number of hydrogen-bond donors (Lipinski definition) is 1. The molecule has 0 unspecified atom stereocenters. The first-order valence-electron chi connectivity index (χ1n) is 10.8. The molecular weight excluding hydrogens is 442 g/mol. The Labute approximate surface area is 196 Å². The average Bonchev–Trinajstić information content (AvgIpc) is 3.27. The number of aryl methyl sites for hydroxylation is 4. The molecule has 4 rings (SSSR count). The molecule has 3 aromatic rings. The van der Waals surface area contributed by atoms with Crippen LogP contribution in [0.25, 0.3) is 10.4 Å². The molecule has 0 bridgehead atoms. The molecule has 2 atom stereocenters. The number of nitrogens with zero attached hydrogens (tertiary/aromatic N) is 4. The third kappa shape index (κ3) is 5.00. The van der Waals surface area contributed by atoms with E-state index in [4.69, 9.17) is 9.72 Å². The molecule has 1 amide bonds. The first-order valence-corrected chi connectivity index (χ1v) is 12.4. The molecule has 1 aliphatic rings. The van der Waals surface area contributed by atoms with E-state index in [2.05, 4.69) is 46.2 Å². The minimum Gasteiger partial charge on any atom is -0.372 e. The van der Waals surface area contributed by atoms with Crippen LogP contribution in [0.2, 0.25) is 0 Å². The summed E-state index contributed by atoms with van der Waals surface area (Å²) in [4.78, 5) is 30.7.